The molecule has 0 aliphatic heterocycles. The summed E-state index contributed by atoms with van der Waals surface area (Å²) >= 11 is 8.76. The molecule has 0 bridgehead atoms. The molecular formula is C17H19Br2NS. The quantitative estimate of drug-likeness (QED) is 0.603. The Morgan fingerprint density at radius 1 is 1.05 bits per heavy atom. The van der Waals surface area contributed by atoms with Crippen molar-refractivity contribution in [2.24, 2.45) is 5.73 Å². The number of rotatable bonds is 3. The number of nitrogens with two attached hydrogens (primary N) is 1. The molecule has 1 heterocycles. The molecule has 1 atom stereocenters. The Hall–Kier alpha value is -0.160. The second kappa shape index (κ2) is 6.95. The first-order chi connectivity index (χ1) is 10.1. The highest BCUT2D eigenvalue weighted by molar-refractivity contribution is 9.13. The fourth-order valence-corrected chi connectivity index (χ4v) is 5.21. The molecule has 1 aliphatic rings. The van der Waals surface area contributed by atoms with E-state index in [-0.39, 0.29) is 6.04 Å². The van der Waals surface area contributed by atoms with E-state index in [1.165, 1.54) is 48.1 Å². The van der Waals surface area contributed by atoms with Crippen LogP contribution in [-0.4, -0.2) is 0 Å². The van der Waals surface area contributed by atoms with E-state index in [2.05, 4.69) is 62.2 Å². The van der Waals surface area contributed by atoms with Crippen LogP contribution in [-0.2, 0) is 0 Å². The maximum absolute atomic E-state index is 6.40. The minimum Gasteiger partial charge on any atom is -0.320 e. The van der Waals surface area contributed by atoms with E-state index in [0.717, 1.165) is 14.2 Å². The van der Waals surface area contributed by atoms with Crippen LogP contribution in [0.1, 0.15) is 60.1 Å². The first kappa shape index (κ1) is 15.7. The van der Waals surface area contributed by atoms with Gasteiger partial charge in [0.1, 0.15) is 0 Å². The van der Waals surface area contributed by atoms with Gasteiger partial charge in [-0.2, -0.15) is 0 Å². The van der Waals surface area contributed by atoms with Crippen LogP contribution in [0, 0.1) is 0 Å². The van der Waals surface area contributed by atoms with Crippen molar-refractivity contribution in [3.8, 4) is 0 Å². The normalized spacial score (nSPS) is 17.9. The zero-order valence-corrected chi connectivity index (χ0v) is 15.8. The van der Waals surface area contributed by atoms with Gasteiger partial charge in [0.2, 0.25) is 0 Å². The summed E-state index contributed by atoms with van der Waals surface area (Å²) in [5, 5.41) is 0. The molecule has 2 aromatic rings. The van der Waals surface area contributed by atoms with Gasteiger partial charge >= 0.3 is 0 Å². The largest absolute Gasteiger partial charge is 0.320 e. The number of thiophene rings is 1. The van der Waals surface area contributed by atoms with Crippen LogP contribution < -0.4 is 5.73 Å². The minimum absolute atomic E-state index is 0.0435. The van der Waals surface area contributed by atoms with Gasteiger partial charge in [0.15, 0.2) is 0 Å². The van der Waals surface area contributed by atoms with Gasteiger partial charge in [0.05, 0.1) is 9.83 Å². The first-order valence-corrected chi connectivity index (χ1v) is 9.85. The minimum atomic E-state index is -0.0435. The van der Waals surface area contributed by atoms with Crippen LogP contribution in [0.15, 0.2) is 38.6 Å². The maximum atomic E-state index is 6.40. The fourth-order valence-electron chi connectivity index (χ4n) is 3.09. The van der Waals surface area contributed by atoms with Crippen LogP contribution in [0.2, 0.25) is 0 Å². The molecule has 21 heavy (non-hydrogen) atoms. The summed E-state index contributed by atoms with van der Waals surface area (Å²) in [5.41, 5.74) is 9.07. The van der Waals surface area contributed by atoms with Gasteiger partial charge in [-0.15, -0.1) is 11.3 Å². The van der Waals surface area contributed by atoms with Crippen LogP contribution in [0.3, 0.4) is 0 Å². The van der Waals surface area contributed by atoms with Crippen molar-refractivity contribution in [3.63, 3.8) is 0 Å². The maximum Gasteiger partial charge on any atom is 0.0843 e. The van der Waals surface area contributed by atoms with E-state index in [0.29, 0.717) is 0 Å². The van der Waals surface area contributed by atoms with Gasteiger partial charge in [0.25, 0.3) is 0 Å². The summed E-state index contributed by atoms with van der Waals surface area (Å²) in [6, 6.07) is 11.0. The van der Waals surface area contributed by atoms with E-state index < -0.39 is 0 Å². The van der Waals surface area contributed by atoms with Crippen LogP contribution >= 0.6 is 43.2 Å². The van der Waals surface area contributed by atoms with Crippen molar-refractivity contribution in [2.75, 3.05) is 0 Å². The molecule has 1 saturated carbocycles. The smallest absolute Gasteiger partial charge is 0.0843 e. The standard InChI is InChI=1S/C17H19Br2NS/c18-14-10-15(21-17(14)19)16(20)13-8-6-12(7-9-13)11-4-2-1-3-5-11/h6-11,16H,1-5,20H2. The summed E-state index contributed by atoms with van der Waals surface area (Å²) in [6.07, 6.45) is 6.85. The average molecular weight is 429 g/mol. The molecule has 1 aliphatic carbocycles. The monoisotopic (exact) mass is 427 g/mol. The Morgan fingerprint density at radius 2 is 1.71 bits per heavy atom. The first-order valence-electron chi connectivity index (χ1n) is 7.45. The SMILES string of the molecule is NC(c1ccc(C2CCCCC2)cc1)c1cc(Br)c(Br)s1. The van der Waals surface area contributed by atoms with Gasteiger partial charge in [-0.1, -0.05) is 43.5 Å². The molecule has 1 fully saturated rings. The van der Waals surface area contributed by atoms with E-state index in [9.17, 15) is 0 Å². The number of hydrogen-bond acceptors (Lipinski definition) is 2. The Bertz CT molecular complexity index is 580. The highest BCUT2D eigenvalue weighted by Gasteiger charge is 2.17. The Balaban J connectivity index is 1.76. The predicted octanol–water partition coefficient (Wildman–Crippen LogP) is 6.37. The van der Waals surface area contributed by atoms with Crippen molar-refractivity contribution in [1.29, 1.82) is 0 Å². The highest BCUT2D eigenvalue weighted by atomic mass is 79.9. The van der Waals surface area contributed by atoms with E-state index >= 15 is 0 Å². The van der Waals surface area contributed by atoms with Crippen molar-refractivity contribution in [3.05, 3.63) is 54.6 Å². The third kappa shape index (κ3) is 3.61. The molecule has 0 amide bonds. The molecule has 0 radical (unpaired) electrons. The average Bonchev–Trinajstić information content (AvgIpc) is 2.87. The van der Waals surface area contributed by atoms with Crippen LogP contribution in [0.4, 0.5) is 0 Å². The van der Waals surface area contributed by atoms with Crippen molar-refractivity contribution in [1.82, 2.24) is 0 Å². The van der Waals surface area contributed by atoms with E-state index in [1.807, 2.05) is 0 Å². The van der Waals surface area contributed by atoms with Crippen LogP contribution in [0.5, 0.6) is 0 Å². The molecule has 1 unspecified atom stereocenters. The number of hydrogen-bond donors (Lipinski definition) is 1. The lowest BCUT2D eigenvalue weighted by atomic mass is 9.83. The summed E-state index contributed by atoms with van der Waals surface area (Å²) in [4.78, 5) is 1.18. The fraction of sp³-hybridized carbons (Fsp3) is 0.412. The van der Waals surface area contributed by atoms with Crippen molar-refractivity contribution >= 4 is 43.2 Å². The highest BCUT2D eigenvalue weighted by Crippen LogP contribution is 2.37. The molecule has 3 rings (SSSR count). The van der Waals surface area contributed by atoms with Gasteiger partial charge in [-0.3, -0.25) is 0 Å². The van der Waals surface area contributed by atoms with Gasteiger partial charge < -0.3 is 5.73 Å². The van der Waals surface area contributed by atoms with Crippen molar-refractivity contribution < 1.29 is 0 Å². The molecule has 0 spiro atoms. The van der Waals surface area contributed by atoms with E-state index in [4.69, 9.17) is 5.73 Å². The third-order valence-electron chi connectivity index (χ3n) is 4.34. The number of halogens is 2. The third-order valence-corrected chi connectivity index (χ3v) is 7.68. The summed E-state index contributed by atoms with van der Waals surface area (Å²) in [6.45, 7) is 0. The topological polar surface area (TPSA) is 26.0 Å². The molecule has 2 N–H and O–H groups in total. The lowest BCUT2D eigenvalue weighted by molar-refractivity contribution is 0.443. The second-order valence-electron chi connectivity index (χ2n) is 5.75. The predicted molar refractivity (Wildman–Crippen MR) is 98.0 cm³/mol. The summed E-state index contributed by atoms with van der Waals surface area (Å²) in [7, 11) is 0. The van der Waals surface area contributed by atoms with Gasteiger partial charge in [-0.25, -0.2) is 0 Å². The van der Waals surface area contributed by atoms with Gasteiger partial charge in [0, 0.05) is 9.35 Å². The Labute approximate surface area is 147 Å². The molecule has 4 heteroatoms. The Kier molecular flexibility index (Phi) is 5.20. The summed E-state index contributed by atoms with van der Waals surface area (Å²) in [5.74, 6) is 0.758. The molecule has 1 aromatic heterocycles. The lowest BCUT2D eigenvalue weighted by Crippen LogP contribution is -2.10. The molecule has 1 nitrogen and oxygen atoms in total. The number of benzene rings is 1. The molecule has 0 saturated heterocycles. The molecular weight excluding hydrogens is 410 g/mol. The molecule has 1 aromatic carbocycles. The lowest BCUT2D eigenvalue weighted by Gasteiger charge is -2.22. The van der Waals surface area contributed by atoms with E-state index in [1.54, 1.807) is 11.3 Å². The zero-order chi connectivity index (χ0) is 14.8. The Morgan fingerprint density at radius 3 is 2.29 bits per heavy atom. The zero-order valence-electron chi connectivity index (χ0n) is 11.8. The van der Waals surface area contributed by atoms with Gasteiger partial charge in [-0.05, 0) is 67.8 Å². The summed E-state index contributed by atoms with van der Waals surface area (Å²) < 4.78 is 2.18. The second-order valence-corrected chi connectivity index (χ2v) is 9.01. The van der Waals surface area contributed by atoms with Crippen molar-refractivity contribution in [2.45, 2.75) is 44.1 Å². The molecule has 112 valence electrons. The van der Waals surface area contributed by atoms with Crippen LogP contribution in [0.25, 0.3) is 0 Å².